The summed E-state index contributed by atoms with van der Waals surface area (Å²) in [5.74, 6) is -3.92. The molecule has 1 aliphatic carbocycles. The summed E-state index contributed by atoms with van der Waals surface area (Å²) < 4.78 is 11.4. The third kappa shape index (κ3) is 6.10. The van der Waals surface area contributed by atoms with Crippen LogP contribution in [0.25, 0.3) is 0 Å². The number of hydrogen-bond acceptors (Lipinski definition) is 5. The van der Waals surface area contributed by atoms with Crippen molar-refractivity contribution < 1.29 is 23.9 Å². The smallest absolute Gasteiger partial charge is 0.311 e. The van der Waals surface area contributed by atoms with E-state index in [1.807, 2.05) is 36.4 Å². The van der Waals surface area contributed by atoms with Gasteiger partial charge in [-0.15, -0.1) is 0 Å². The lowest BCUT2D eigenvalue weighted by molar-refractivity contribution is -0.172. The fourth-order valence-corrected chi connectivity index (χ4v) is 4.55. The number of rotatable bonds is 5. The number of hydrogen-bond donors (Lipinski definition) is 0. The van der Waals surface area contributed by atoms with Gasteiger partial charge in [0.05, 0.1) is 11.8 Å². The number of carbonyl (C=O) groups excluding carboxylic acids is 3. The molecule has 5 heteroatoms. The lowest BCUT2D eigenvalue weighted by atomic mass is 9.79. The maximum atomic E-state index is 13.8. The Morgan fingerprint density at radius 3 is 1.70 bits per heavy atom. The number of esters is 2. The van der Waals surface area contributed by atoms with Gasteiger partial charge in [0.2, 0.25) is 0 Å². The molecule has 1 saturated carbocycles. The third-order valence-electron chi connectivity index (χ3n) is 5.74. The van der Waals surface area contributed by atoms with Crippen LogP contribution in [0.4, 0.5) is 0 Å². The first-order valence-electron chi connectivity index (χ1n) is 11.5. The van der Waals surface area contributed by atoms with Crippen LogP contribution in [0.1, 0.15) is 69.8 Å². The Kier molecular flexibility index (Phi) is 7.11. The molecular formula is C28H34O5. The summed E-state index contributed by atoms with van der Waals surface area (Å²) in [7, 11) is 0. The van der Waals surface area contributed by atoms with Crippen LogP contribution in [0.3, 0.4) is 0 Å². The molecule has 176 valence electrons. The third-order valence-corrected chi connectivity index (χ3v) is 5.74. The fourth-order valence-electron chi connectivity index (χ4n) is 4.55. The standard InChI is InChI=1S/C28H34O5/c1-27(2,3)32-25(30)21-17-20(18-13-9-7-10-14-18)22(23(21)26(31)33-28(4,5)6)24(29)19-15-11-8-12-16-19/h7-16,20-23H,17H2,1-6H3/t20-,21+,22-,23-/m1/s1. The van der Waals surface area contributed by atoms with Crippen molar-refractivity contribution in [2.24, 2.45) is 17.8 Å². The molecule has 0 N–H and O–H groups in total. The van der Waals surface area contributed by atoms with Crippen LogP contribution in [0.5, 0.6) is 0 Å². The number of Topliss-reactive ketones (excluding diaryl/α,β-unsaturated/α-hetero) is 1. The number of ether oxygens (including phenoxy) is 2. The van der Waals surface area contributed by atoms with E-state index >= 15 is 0 Å². The summed E-state index contributed by atoms with van der Waals surface area (Å²) in [5, 5.41) is 0. The summed E-state index contributed by atoms with van der Waals surface area (Å²) in [5.41, 5.74) is -0.0201. The van der Waals surface area contributed by atoms with E-state index in [2.05, 4.69) is 0 Å². The average Bonchev–Trinajstić information content (AvgIpc) is 3.13. The monoisotopic (exact) mass is 450 g/mol. The molecule has 0 bridgehead atoms. The van der Waals surface area contributed by atoms with Crippen LogP contribution in [0.15, 0.2) is 60.7 Å². The molecule has 0 spiro atoms. The van der Waals surface area contributed by atoms with Crippen molar-refractivity contribution in [1.29, 1.82) is 0 Å². The van der Waals surface area contributed by atoms with Crippen molar-refractivity contribution >= 4 is 17.7 Å². The molecule has 0 unspecified atom stereocenters. The Labute approximate surface area is 196 Å². The largest absolute Gasteiger partial charge is 0.460 e. The summed E-state index contributed by atoms with van der Waals surface area (Å²) in [6.45, 7) is 10.7. The fraction of sp³-hybridized carbons (Fsp3) is 0.464. The Morgan fingerprint density at radius 2 is 1.18 bits per heavy atom. The van der Waals surface area contributed by atoms with Crippen molar-refractivity contribution in [2.75, 3.05) is 0 Å². The zero-order chi connectivity index (χ0) is 24.4. The van der Waals surface area contributed by atoms with Crippen molar-refractivity contribution in [2.45, 2.75) is 65.1 Å². The molecule has 2 aromatic carbocycles. The molecule has 0 heterocycles. The Balaban J connectivity index is 2.11. The van der Waals surface area contributed by atoms with Gasteiger partial charge < -0.3 is 9.47 Å². The average molecular weight is 451 g/mol. The van der Waals surface area contributed by atoms with Gasteiger partial charge in [-0.05, 0) is 59.4 Å². The van der Waals surface area contributed by atoms with Gasteiger partial charge in [0.25, 0.3) is 0 Å². The van der Waals surface area contributed by atoms with Crippen LogP contribution in [0.2, 0.25) is 0 Å². The van der Waals surface area contributed by atoms with Crippen LogP contribution in [-0.2, 0) is 19.1 Å². The maximum absolute atomic E-state index is 13.8. The molecule has 2 aromatic rings. The molecule has 33 heavy (non-hydrogen) atoms. The molecule has 0 aromatic heterocycles. The van der Waals surface area contributed by atoms with Crippen molar-refractivity contribution in [1.82, 2.24) is 0 Å². The van der Waals surface area contributed by atoms with Gasteiger partial charge in [-0.1, -0.05) is 60.7 Å². The van der Waals surface area contributed by atoms with Gasteiger partial charge >= 0.3 is 11.9 Å². The second-order valence-corrected chi connectivity index (χ2v) is 10.7. The second-order valence-electron chi connectivity index (χ2n) is 10.7. The first kappa shape index (κ1) is 24.7. The van der Waals surface area contributed by atoms with Gasteiger partial charge in [-0.25, -0.2) is 0 Å². The highest BCUT2D eigenvalue weighted by Gasteiger charge is 2.55. The van der Waals surface area contributed by atoms with Gasteiger partial charge in [-0.3, -0.25) is 14.4 Å². The minimum absolute atomic E-state index is 0.161. The highest BCUT2D eigenvalue weighted by atomic mass is 16.6. The zero-order valence-corrected chi connectivity index (χ0v) is 20.3. The maximum Gasteiger partial charge on any atom is 0.311 e. The Bertz CT molecular complexity index is 982. The van der Waals surface area contributed by atoms with Crippen molar-refractivity contribution in [3.05, 3.63) is 71.8 Å². The van der Waals surface area contributed by atoms with Crippen LogP contribution in [0, 0.1) is 17.8 Å². The molecule has 1 aliphatic rings. The van der Waals surface area contributed by atoms with E-state index in [9.17, 15) is 14.4 Å². The first-order valence-corrected chi connectivity index (χ1v) is 11.5. The summed E-state index contributed by atoms with van der Waals surface area (Å²) in [6.07, 6.45) is 0.339. The molecule has 3 rings (SSSR count). The van der Waals surface area contributed by atoms with Crippen molar-refractivity contribution in [3.63, 3.8) is 0 Å². The van der Waals surface area contributed by atoms with Crippen LogP contribution < -0.4 is 0 Å². The Hall–Kier alpha value is -2.95. The van der Waals surface area contributed by atoms with E-state index in [0.29, 0.717) is 12.0 Å². The number of ketones is 1. The molecule has 0 amide bonds. The number of carbonyl (C=O) groups is 3. The molecule has 5 nitrogen and oxygen atoms in total. The van der Waals surface area contributed by atoms with E-state index < -0.39 is 40.9 Å². The van der Waals surface area contributed by atoms with Gasteiger partial charge in [0.1, 0.15) is 11.2 Å². The quantitative estimate of drug-likeness (QED) is 0.439. The SMILES string of the molecule is CC(C)(C)OC(=O)[C@H]1[C@H](C(=O)c2ccccc2)[C@@H](c2ccccc2)C[C@@H]1C(=O)OC(C)(C)C. The topological polar surface area (TPSA) is 69.7 Å². The highest BCUT2D eigenvalue weighted by Crippen LogP contribution is 2.50. The Morgan fingerprint density at radius 1 is 0.697 bits per heavy atom. The van der Waals surface area contributed by atoms with E-state index in [0.717, 1.165) is 5.56 Å². The zero-order valence-electron chi connectivity index (χ0n) is 20.3. The lowest BCUT2D eigenvalue weighted by Gasteiger charge is -2.29. The first-order chi connectivity index (χ1) is 15.4. The molecule has 4 atom stereocenters. The lowest BCUT2D eigenvalue weighted by Crippen LogP contribution is -2.40. The predicted octanol–water partition coefficient (Wildman–Crippen LogP) is 5.59. The van der Waals surface area contributed by atoms with Gasteiger partial charge in [0, 0.05) is 11.5 Å². The summed E-state index contributed by atoms with van der Waals surface area (Å²) in [4.78, 5) is 40.6. The summed E-state index contributed by atoms with van der Waals surface area (Å²) >= 11 is 0. The molecule has 0 radical (unpaired) electrons. The second kappa shape index (κ2) is 9.50. The van der Waals surface area contributed by atoms with E-state index in [1.165, 1.54) is 0 Å². The van der Waals surface area contributed by atoms with Crippen molar-refractivity contribution in [3.8, 4) is 0 Å². The van der Waals surface area contributed by atoms with E-state index in [1.54, 1.807) is 65.8 Å². The molecule has 1 fully saturated rings. The van der Waals surface area contributed by atoms with Crippen LogP contribution in [-0.4, -0.2) is 28.9 Å². The van der Waals surface area contributed by atoms with Gasteiger partial charge in [-0.2, -0.15) is 0 Å². The van der Waals surface area contributed by atoms with Crippen LogP contribution >= 0.6 is 0 Å². The van der Waals surface area contributed by atoms with E-state index in [-0.39, 0.29) is 11.7 Å². The highest BCUT2D eigenvalue weighted by molar-refractivity contribution is 6.02. The summed E-state index contributed by atoms with van der Waals surface area (Å²) in [6, 6.07) is 18.5. The minimum Gasteiger partial charge on any atom is -0.460 e. The van der Waals surface area contributed by atoms with Gasteiger partial charge in [0.15, 0.2) is 5.78 Å². The predicted molar refractivity (Wildman–Crippen MR) is 127 cm³/mol. The molecule has 0 aliphatic heterocycles. The number of benzene rings is 2. The molecule has 0 saturated heterocycles. The normalized spacial score (nSPS) is 23.1. The minimum atomic E-state index is -0.933. The van der Waals surface area contributed by atoms with E-state index in [4.69, 9.17) is 9.47 Å². The molecular weight excluding hydrogens is 416 g/mol.